The summed E-state index contributed by atoms with van der Waals surface area (Å²) in [5.74, 6) is 0.557. The monoisotopic (exact) mass is 170 g/mol. The Morgan fingerprint density at radius 3 is 2.83 bits per heavy atom. The Kier molecular flexibility index (Phi) is 3.09. The van der Waals surface area contributed by atoms with Crippen LogP contribution in [0.5, 0.6) is 0 Å². The molecule has 2 atom stereocenters. The lowest BCUT2D eigenvalue weighted by molar-refractivity contribution is -0.132. The topological polar surface area (TPSA) is 32.3 Å². The molecule has 0 bridgehead atoms. The van der Waals surface area contributed by atoms with Crippen LogP contribution in [0.4, 0.5) is 0 Å². The Hall–Kier alpha value is -0.570. The first-order valence-corrected chi connectivity index (χ1v) is 4.62. The zero-order chi connectivity index (χ0) is 9.14. The number of carbonyl (C=O) groups is 1. The summed E-state index contributed by atoms with van der Waals surface area (Å²) in [5.41, 5.74) is 0. The number of rotatable bonds is 3. The molecule has 0 aromatic heterocycles. The summed E-state index contributed by atoms with van der Waals surface area (Å²) in [6.45, 7) is 5.92. The minimum Gasteiger partial charge on any atom is -0.338 e. The van der Waals surface area contributed by atoms with Gasteiger partial charge in [-0.15, -0.1) is 0 Å². The Labute approximate surface area is 74.1 Å². The maximum absolute atomic E-state index is 11.5. The van der Waals surface area contributed by atoms with Gasteiger partial charge in [-0.1, -0.05) is 6.92 Å². The molecule has 0 saturated carbocycles. The van der Waals surface area contributed by atoms with Gasteiger partial charge in [-0.3, -0.25) is 4.79 Å². The number of carbonyl (C=O) groups excluding carboxylic acids is 1. The van der Waals surface area contributed by atoms with Gasteiger partial charge in [0.05, 0.1) is 0 Å². The lowest BCUT2D eigenvalue weighted by Gasteiger charge is -2.24. The van der Waals surface area contributed by atoms with Crippen LogP contribution < -0.4 is 5.32 Å². The zero-order valence-electron chi connectivity index (χ0n) is 8.13. The fraction of sp³-hybridized carbons (Fsp3) is 0.889. The van der Waals surface area contributed by atoms with Crippen molar-refractivity contribution in [3.63, 3.8) is 0 Å². The van der Waals surface area contributed by atoms with Gasteiger partial charge in [-0.05, 0) is 20.4 Å². The normalized spacial score (nSPS) is 26.4. The Morgan fingerprint density at radius 1 is 1.75 bits per heavy atom. The van der Waals surface area contributed by atoms with E-state index in [4.69, 9.17) is 0 Å². The number of hydrogen-bond donors (Lipinski definition) is 1. The summed E-state index contributed by atoms with van der Waals surface area (Å²) in [7, 11) is 1.92. The molecule has 3 nitrogen and oxygen atoms in total. The van der Waals surface area contributed by atoms with E-state index in [-0.39, 0.29) is 5.92 Å². The average Bonchev–Trinajstić information content (AvgIpc) is 2.34. The fourth-order valence-corrected chi connectivity index (χ4v) is 1.69. The predicted octanol–water partition coefficient (Wildman–Crippen LogP) is 0.463. The number of hydrogen-bond acceptors (Lipinski definition) is 2. The molecule has 0 spiro atoms. The molecule has 1 N–H and O–H groups in total. The predicted molar refractivity (Wildman–Crippen MR) is 48.9 cm³/mol. The number of likely N-dealkylation sites (tertiary alicyclic amines) is 1. The zero-order valence-corrected chi connectivity index (χ0v) is 8.13. The highest BCUT2D eigenvalue weighted by Crippen LogP contribution is 2.18. The first kappa shape index (κ1) is 9.52. The van der Waals surface area contributed by atoms with E-state index in [1.807, 2.05) is 18.9 Å². The summed E-state index contributed by atoms with van der Waals surface area (Å²) in [6, 6.07) is 0.340. The lowest BCUT2D eigenvalue weighted by atomic mass is 10.1. The standard InChI is InChI=1S/C9H18N2O/c1-7-4-5-11(9(7)12)8(2)6-10-3/h7-8,10H,4-6H2,1-3H3. The average molecular weight is 170 g/mol. The Bertz CT molecular complexity index is 170. The van der Waals surface area contributed by atoms with Crippen LogP contribution in [0, 0.1) is 5.92 Å². The molecular formula is C9H18N2O. The van der Waals surface area contributed by atoms with Gasteiger partial charge in [0.1, 0.15) is 0 Å². The molecule has 1 rings (SSSR count). The van der Waals surface area contributed by atoms with Crippen molar-refractivity contribution in [3.05, 3.63) is 0 Å². The van der Waals surface area contributed by atoms with Crippen molar-refractivity contribution in [2.45, 2.75) is 26.3 Å². The SMILES string of the molecule is CNCC(C)N1CCC(C)C1=O. The third kappa shape index (κ3) is 1.78. The van der Waals surface area contributed by atoms with Crippen LogP contribution >= 0.6 is 0 Å². The van der Waals surface area contributed by atoms with Gasteiger partial charge in [-0.25, -0.2) is 0 Å². The molecule has 0 aliphatic carbocycles. The van der Waals surface area contributed by atoms with Gasteiger partial charge in [0, 0.05) is 25.0 Å². The largest absolute Gasteiger partial charge is 0.338 e. The van der Waals surface area contributed by atoms with Gasteiger partial charge < -0.3 is 10.2 Å². The van der Waals surface area contributed by atoms with E-state index in [1.54, 1.807) is 0 Å². The quantitative estimate of drug-likeness (QED) is 0.667. The smallest absolute Gasteiger partial charge is 0.225 e. The van der Waals surface area contributed by atoms with Crippen molar-refractivity contribution in [3.8, 4) is 0 Å². The van der Waals surface area contributed by atoms with Gasteiger partial charge in [0.2, 0.25) is 5.91 Å². The summed E-state index contributed by atoms with van der Waals surface area (Å²) in [5, 5.41) is 3.09. The second-order valence-corrected chi connectivity index (χ2v) is 3.63. The van der Waals surface area contributed by atoms with Crippen molar-refractivity contribution in [2.75, 3.05) is 20.1 Å². The minimum absolute atomic E-state index is 0.240. The third-order valence-electron chi connectivity index (χ3n) is 2.54. The molecule has 2 unspecified atom stereocenters. The van der Waals surface area contributed by atoms with Crippen LogP contribution in [0.25, 0.3) is 0 Å². The molecular weight excluding hydrogens is 152 g/mol. The molecule has 1 fully saturated rings. The second-order valence-electron chi connectivity index (χ2n) is 3.63. The molecule has 1 saturated heterocycles. The fourth-order valence-electron chi connectivity index (χ4n) is 1.69. The number of nitrogens with one attached hydrogen (secondary N) is 1. The van der Waals surface area contributed by atoms with E-state index in [0.717, 1.165) is 19.5 Å². The van der Waals surface area contributed by atoms with Crippen molar-refractivity contribution in [2.24, 2.45) is 5.92 Å². The van der Waals surface area contributed by atoms with Crippen LogP contribution in [-0.4, -0.2) is 37.0 Å². The number of nitrogens with zero attached hydrogens (tertiary/aromatic N) is 1. The van der Waals surface area contributed by atoms with Crippen LogP contribution in [-0.2, 0) is 4.79 Å². The molecule has 1 aliphatic rings. The van der Waals surface area contributed by atoms with Crippen molar-refractivity contribution in [1.29, 1.82) is 0 Å². The molecule has 12 heavy (non-hydrogen) atoms. The Balaban J connectivity index is 2.47. The van der Waals surface area contributed by atoms with Gasteiger partial charge in [0.15, 0.2) is 0 Å². The first-order chi connectivity index (χ1) is 5.66. The molecule has 70 valence electrons. The lowest BCUT2D eigenvalue weighted by Crippen LogP contribution is -2.40. The maximum atomic E-state index is 11.5. The van der Waals surface area contributed by atoms with Gasteiger partial charge >= 0.3 is 0 Å². The van der Waals surface area contributed by atoms with Gasteiger partial charge in [-0.2, -0.15) is 0 Å². The van der Waals surface area contributed by atoms with E-state index in [1.165, 1.54) is 0 Å². The summed E-state index contributed by atoms with van der Waals surface area (Å²) in [6.07, 6.45) is 1.02. The van der Waals surface area contributed by atoms with Crippen molar-refractivity contribution in [1.82, 2.24) is 10.2 Å². The van der Waals surface area contributed by atoms with E-state index >= 15 is 0 Å². The molecule has 0 radical (unpaired) electrons. The first-order valence-electron chi connectivity index (χ1n) is 4.62. The van der Waals surface area contributed by atoms with E-state index < -0.39 is 0 Å². The minimum atomic E-state index is 0.240. The van der Waals surface area contributed by atoms with Crippen molar-refractivity contribution >= 4 is 5.91 Å². The maximum Gasteiger partial charge on any atom is 0.225 e. The molecule has 1 heterocycles. The number of likely N-dealkylation sites (N-methyl/N-ethyl adjacent to an activating group) is 1. The Morgan fingerprint density at radius 2 is 2.42 bits per heavy atom. The van der Waals surface area contributed by atoms with E-state index in [0.29, 0.717) is 11.9 Å². The molecule has 0 aromatic rings. The van der Waals surface area contributed by atoms with E-state index in [2.05, 4.69) is 12.2 Å². The summed E-state index contributed by atoms with van der Waals surface area (Å²) in [4.78, 5) is 13.5. The van der Waals surface area contributed by atoms with E-state index in [9.17, 15) is 4.79 Å². The summed E-state index contributed by atoms with van der Waals surface area (Å²) >= 11 is 0. The highest BCUT2D eigenvalue weighted by atomic mass is 16.2. The number of amides is 1. The summed E-state index contributed by atoms with van der Waals surface area (Å²) < 4.78 is 0. The molecule has 1 amide bonds. The van der Waals surface area contributed by atoms with Crippen LogP contribution in [0.3, 0.4) is 0 Å². The highest BCUT2D eigenvalue weighted by Gasteiger charge is 2.30. The van der Waals surface area contributed by atoms with Crippen LogP contribution in [0.15, 0.2) is 0 Å². The third-order valence-corrected chi connectivity index (χ3v) is 2.54. The highest BCUT2D eigenvalue weighted by molar-refractivity contribution is 5.80. The van der Waals surface area contributed by atoms with Crippen molar-refractivity contribution < 1.29 is 4.79 Å². The van der Waals surface area contributed by atoms with Gasteiger partial charge in [0.25, 0.3) is 0 Å². The molecule has 0 aromatic carbocycles. The molecule has 3 heteroatoms. The van der Waals surface area contributed by atoms with Crippen LogP contribution in [0.1, 0.15) is 20.3 Å². The second kappa shape index (κ2) is 3.90. The molecule has 1 aliphatic heterocycles. The van der Waals surface area contributed by atoms with Crippen LogP contribution in [0.2, 0.25) is 0 Å².